The third-order valence-corrected chi connectivity index (χ3v) is 11.0. The summed E-state index contributed by atoms with van der Waals surface area (Å²) in [7, 11) is 0. The molecule has 2 aliphatic carbocycles. The summed E-state index contributed by atoms with van der Waals surface area (Å²) >= 11 is 0. The lowest BCUT2D eigenvalue weighted by Gasteiger charge is -2.70. The van der Waals surface area contributed by atoms with Crippen LogP contribution < -0.4 is 0 Å². The summed E-state index contributed by atoms with van der Waals surface area (Å²) in [6.45, 7) is 11.2. The first-order valence-corrected chi connectivity index (χ1v) is 14.2. The third kappa shape index (κ3) is 3.86. The molecular formula is C30H42O9. The van der Waals surface area contributed by atoms with Crippen molar-refractivity contribution in [3.05, 3.63) is 23.3 Å². The Morgan fingerprint density at radius 3 is 2.13 bits per heavy atom. The molecule has 8 atom stereocenters. The first-order valence-electron chi connectivity index (χ1n) is 14.2. The molecular weight excluding hydrogens is 504 g/mol. The van der Waals surface area contributed by atoms with E-state index in [2.05, 4.69) is 6.92 Å². The Bertz CT molecular complexity index is 1120. The molecule has 0 amide bonds. The van der Waals surface area contributed by atoms with E-state index < -0.39 is 51.8 Å². The normalized spacial score (nSPS) is 45.4. The van der Waals surface area contributed by atoms with E-state index in [0.717, 1.165) is 19.3 Å². The molecule has 9 heteroatoms. The highest BCUT2D eigenvalue weighted by Gasteiger charge is 2.82. The number of carbonyl (C=O) groups excluding carboxylic acids is 3. The Morgan fingerprint density at radius 2 is 1.62 bits per heavy atom. The number of aliphatic hydroxyl groups is 1. The van der Waals surface area contributed by atoms with Crippen molar-refractivity contribution in [1.29, 1.82) is 0 Å². The second-order valence-electron chi connectivity index (χ2n) is 12.7. The van der Waals surface area contributed by atoms with Crippen molar-refractivity contribution >= 4 is 17.9 Å². The molecule has 0 radical (unpaired) electrons. The Hall–Kier alpha value is -2.23. The summed E-state index contributed by atoms with van der Waals surface area (Å²) in [5.41, 5.74) is -3.50. The molecule has 3 heterocycles. The lowest BCUT2D eigenvalue weighted by molar-refractivity contribution is -0.360. The van der Waals surface area contributed by atoms with Crippen LogP contribution in [0.3, 0.4) is 0 Å². The van der Waals surface area contributed by atoms with E-state index in [9.17, 15) is 19.5 Å². The fourth-order valence-electron chi connectivity index (χ4n) is 8.20. The van der Waals surface area contributed by atoms with Crippen molar-refractivity contribution in [3.8, 4) is 0 Å². The summed E-state index contributed by atoms with van der Waals surface area (Å²) in [4.78, 5) is 39.1. The molecule has 216 valence electrons. The number of esters is 3. The van der Waals surface area contributed by atoms with Crippen LogP contribution in [0.4, 0.5) is 0 Å². The maximum atomic E-state index is 13.4. The summed E-state index contributed by atoms with van der Waals surface area (Å²) in [5.74, 6) is -1.58. The SMILES string of the molecule is C/C=C(\C)C(=O)O[C@H]1[C@H](OC(=O)/C(C)=C/C)[C@]2(C)O[C@]3(CC[C@]2(C)[C@H]2CCC[C@]4(CO4)[C@]12CO)COC(=O)C3. The van der Waals surface area contributed by atoms with Gasteiger partial charge in [-0.2, -0.15) is 0 Å². The highest BCUT2D eigenvalue weighted by Crippen LogP contribution is 2.72. The Labute approximate surface area is 230 Å². The third-order valence-electron chi connectivity index (χ3n) is 11.0. The van der Waals surface area contributed by atoms with Crippen molar-refractivity contribution in [2.24, 2.45) is 16.7 Å². The van der Waals surface area contributed by atoms with Crippen molar-refractivity contribution in [1.82, 2.24) is 0 Å². The van der Waals surface area contributed by atoms with Gasteiger partial charge in [-0.1, -0.05) is 25.5 Å². The summed E-state index contributed by atoms with van der Waals surface area (Å²) in [5, 5.41) is 11.3. The fourth-order valence-corrected chi connectivity index (χ4v) is 8.20. The van der Waals surface area contributed by atoms with Crippen LogP contribution in [-0.4, -0.2) is 71.8 Å². The number of hydrogen-bond acceptors (Lipinski definition) is 9. The molecule has 0 aromatic rings. The first-order chi connectivity index (χ1) is 18.4. The standard InChI is InChI=1S/C30H42O9/c1-7-18(3)24(33)37-22-23(38-25(34)19(4)8-2)30(15-31)20(10-9-11-29(30)17-36-29)26(5)12-13-28(39-27(22,26)6)14-21(32)35-16-28/h7-8,20,22-23,31H,9-17H2,1-6H3/b18-7+,19-8+/t20-,22+,23+,26-,27+,28+,29+,30+/m1/s1. The minimum Gasteiger partial charge on any atom is -0.463 e. The molecule has 0 unspecified atom stereocenters. The smallest absolute Gasteiger partial charge is 0.333 e. The number of rotatable bonds is 5. The number of cyclic esters (lactones) is 1. The van der Waals surface area contributed by atoms with Gasteiger partial charge in [-0.25, -0.2) is 9.59 Å². The number of ether oxygens (including phenoxy) is 5. The fraction of sp³-hybridized carbons (Fsp3) is 0.767. The van der Waals surface area contributed by atoms with E-state index in [1.165, 1.54) is 0 Å². The van der Waals surface area contributed by atoms with Crippen LogP contribution in [0.15, 0.2) is 23.3 Å². The maximum absolute atomic E-state index is 13.4. The summed E-state index contributed by atoms with van der Waals surface area (Å²) in [6, 6.07) is 0. The van der Waals surface area contributed by atoms with E-state index >= 15 is 0 Å². The van der Waals surface area contributed by atoms with Gasteiger partial charge in [0.15, 0.2) is 12.2 Å². The Morgan fingerprint density at radius 1 is 1.00 bits per heavy atom. The van der Waals surface area contributed by atoms with Crippen LogP contribution in [0.5, 0.6) is 0 Å². The van der Waals surface area contributed by atoms with Gasteiger partial charge >= 0.3 is 17.9 Å². The second-order valence-corrected chi connectivity index (χ2v) is 12.7. The van der Waals surface area contributed by atoms with Gasteiger partial charge in [0.1, 0.15) is 23.4 Å². The number of aliphatic hydroxyl groups excluding tert-OH is 1. The maximum Gasteiger partial charge on any atom is 0.333 e. The minimum absolute atomic E-state index is 0.109. The Kier molecular flexibility index (Phi) is 6.83. The monoisotopic (exact) mass is 546 g/mol. The molecule has 3 saturated heterocycles. The van der Waals surface area contributed by atoms with Crippen LogP contribution in [0.25, 0.3) is 0 Å². The van der Waals surface area contributed by atoms with Gasteiger partial charge < -0.3 is 28.8 Å². The molecule has 2 spiro atoms. The van der Waals surface area contributed by atoms with Crippen molar-refractivity contribution in [3.63, 3.8) is 0 Å². The van der Waals surface area contributed by atoms with Gasteiger partial charge in [-0.3, -0.25) is 4.79 Å². The quantitative estimate of drug-likeness (QED) is 0.239. The number of hydrogen-bond donors (Lipinski definition) is 1. The largest absolute Gasteiger partial charge is 0.463 e. The average Bonchev–Trinajstić information content (AvgIpc) is 3.61. The zero-order valence-electron chi connectivity index (χ0n) is 24.0. The molecule has 3 aliphatic heterocycles. The number of epoxide rings is 1. The van der Waals surface area contributed by atoms with Crippen molar-refractivity contribution in [2.45, 2.75) is 109 Å². The molecule has 5 fully saturated rings. The van der Waals surface area contributed by atoms with E-state index in [4.69, 9.17) is 23.7 Å². The number of fused-ring (bicyclic) bond motifs is 4. The van der Waals surface area contributed by atoms with Gasteiger partial charge in [0.2, 0.25) is 0 Å². The summed E-state index contributed by atoms with van der Waals surface area (Å²) in [6.07, 6.45) is 4.96. The lowest BCUT2D eigenvalue weighted by Crippen LogP contribution is -2.80. The Balaban J connectivity index is 1.72. The van der Waals surface area contributed by atoms with Gasteiger partial charge in [0.05, 0.1) is 25.0 Å². The predicted octanol–water partition coefficient (Wildman–Crippen LogP) is 3.56. The van der Waals surface area contributed by atoms with Gasteiger partial charge in [0.25, 0.3) is 0 Å². The minimum atomic E-state index is -1.16. The van der Waals surface area contributed by atoms with Crippen LogP contribution in [-0.2, 0) is 38.1 Å². The van der Waals surface area contributed by atoms with E-state index in [1.54, 1.807) is 39.8 Å². The second kappa shape index (κ2) is 9.42. The first kappa shape index (κ1) is 28.3. The zero-order valence-corrected chi connectivity index (χ0v) is 24.0. The van der Waals surface area contributed by atoms with Crippen molar-refractivity contribution in [2.75, 3.05) is 19.8 Å². The molecule has 5 aliphatic rings. The van der Waals surface area contributed by atoms with Crippen LogP contribution >= 0.6 is 0 Å². The summed E-state index contributed by atoms with van der Waals surface area (Å²) < 4.78 is 31.1. The average molecular weight is 547 g/mol. The van der Waals surface area contributed by atoms with Crippen LogP contribution in [0.1, 0.15) is 80.1 Å². The molecule has 0 aromatic carbocycles. The van der Waals surface area contributed by atoms with Crippen LogP contribution in [0.2, 0.25) is 0 Å². The molecule has 0 bridgehead atoms. The van der Waals surface area contributed by atoms with Gasteiger partial charge in [-0.15, -0.1) is 0 Å². The number of carbonyl (C=O) groups is 3. The molecule has 5 rings (SSSR count). The molecule has 1 N–H and O–H groups in total. The van der Waals surface area contributed by atoms with Crippen LogP contribution in [0, 0.1) is 16.7 Å². The molecule has 39 heavy (non-hydrogen) atoms. The zero-order chi connectivity index (χ0) is 28.4. The topological polar surface area (TPSA) is 121 Å². The van der Waals surface area contributed by atoms with E-state index in [1.807, 2.05) is 6.92 Å². The highest BCUT2D eigenvalue weighted by atomic mass is 16.6. The van der Waals surface area contributed by atoms with Gasteiger partial charge in [0, 0.05) is 16.6 Å². The predicted molar refractivity (Wildman–Crippen MR) is 139 cm³/mol. The van der Waals surface area contributed by atoms with E-state index in [-0.39, 0.29) is 31.5 Å². The van der Waals surface area contributed by atoms with Crippen molar-refractivity contribution < 1.29 is 43.2 Å². The van der Waals surface area contributed by atoms with E-state index in [0.29, 0.717) is 30.6 Å². The molecule has 0 aromatic heterocycles. The lowest BCUT2D eigenvalue weighted by atomic mass is 9.40. The molecule has 2 saturated carbocycles. The number of allylic oxidation sites excluding steroid dienone is 2. The molecule has 9 nitrogen and oxygen atoms in total. The highest BCUT2D eigenvalue weighted by molar-refractivity contribution is 5.89. The van der Waals surface area contributed by atoms with Gasteiger partial charge in [-0.05, 0) is 66.2 Å².